The van der Waals surface area contributed by atoms with Gasteiger partial charge in [-0.05, 0) is 54.8 Å². The Kier molecular flexibility index (Phi) is 7.13. The second-order valence-electron chi connectivity index (χ2n) is 9.08. The number of nitrogens with zero attached hydrogens (tertiary/aromatic N) is 3. The van der Waals surface area contributed by atoms with E-state index in [0.29, 0.717) is 22.3 Å². The Hall–Kier alpha value is -3.49. The van der Waals surface area contributed by atoms with E-state index >= 15 is 0 Å². The molecule has 188 valence electrons. The number of carbonyl (C=O) groups is 2. The van der Waals surface area contributed by atoms with Crippen molar-refractivity contribution in [3.63, 3.8) is 0 Å². The number of rotatable bonds is 5. The predicted octanol–water partition coefficient (Wildman–Crippen LogP) is 6.27. The summed E-state index contributed by atoms with van der Waals surface area (Å²) in [5.74, 6) is -1.01. The number of hydrogen-bond acceptors (Lipinski definition) is 5. The maximum absolute atomic E-state index is 13.6. The monoisotopic (exact) mass is 534 g/mol. The lowest BCUT2D eigenvalue weighted by atomic mass is 9.98. The summed E-state index contributed by atoms with van der Waals surface area (Å²) in [5.41, 5.74) is 5.31. The van der Waals surface area contributed by atoms with Crippen molar-refractivity contribution in [2.24, 2.45) is 10.1 Å². The van der Waals surface area contributed by atoms with Crippen LogP contribution in [0, 0.1) is 19.7 Å². The number of hydrazone groups is 1. The molecule has 2 amide bonds. The van der Waals surface area contributed by atoms with Crippen molar-refractivity contribution >= 4 is 51.7 Å². The molecule has 0 fully saturated rings. The first-order valence-electron chi connectivity index (χ1n) is 11.8. The molecule has 0 radical (unpaired) electrons. The van der Waals surface area contributed by atoms with Crippen molar-refractivity contribution in [1.82, 2.24) is 5.01 Å². The van der Waals surface area contributed by atoms with E-state index < -0.39 is 5.25 Å². The maximum Gasteiger partial charge on any atom is 0.262 e. The normalized spacial score (nSPS) is 19.1. The van der Waals surface area contributed by atoms with Gasteiger partial charge in [0.25, 0.3) is 5.91 Å². The number of hydrogen-bond donors (Lipinski definition) is 1. The summed E-state index contributed by atoms with van der Waals surface area (Å²) < 4.78 is 13.6. The predicted molar refractivity (Wildman–Crippen MR) is 147 cm³/mol. The molecule has 2 atom stereocenters. The van der Waals surface area contributed by atoms with Crippen molar-refractivity contribution < 1.29 is 14.0 Å². The molecule has 3 aromatic carbocycles. The third-order valence-electron chi connectivity index (χ3n) is 6.30. The molecule has 0 aliphatic carbocycles. The first-order valence-corrected chi connectivity index (χ1v) is 13.1. The van der Waals surface area contributed by atoms with E-state index in [1.54, 1.807) is 29.3 Å². The highest BCUT2D eigenvalue weighted by Crippen LogP contribution is 2.38. The molecule has 2 aliphatic rings. The standard InChI is InChI=1S/C28H24ClFN4O2S/c1-16-3-6-18(7-4-16)23-14-24(19-8-10-20(30)11-9-19)34(33-23)28-32-27(36)25(37-28)15-26(35)31-21-12-5-17(2)22(29)13-21/h3-13,24-25H,14-15H2,1-2H3,(H,31,35)/t24-,25+/m0/s1. The zero-order chi connectivity index (χ0) is 26.1. The van der Waals surface area contributed by atoms with E-state index in [1.165, 1.54) is 23.9 Å². The Bertz CT molecular complexity index is 1420. The van der Waals surface area contributed by atoms with Gasteiger partial charge in [-0.15, -0.1) is 0 Å². The summed E-state index contributed by atoms with van der Waals surface area (Å²) in [7, 11) is 0. The van der Waals surface area contributed by atoms with Gasteiger partial charge in [-0.3, -0.25) is 9.59 Å². The Morgan fingerprint density at radius 3 is 2.54 bits per heavy atom. The minimum Gasteiger partial charge on any atom is -0.326 e. The minimum absolute atomic E-state index is 0.0361. The van der Waals surface area contributed by atoms with E-state index in [1.807, 2.05) is 44.2 Å². The fourth-order valence-corrected chi connectivity index (χ4v) is 5.45. The zero-order valence-electron chi connectivity index (χ0n) is 20.2. The van der Waals surface area contributed by atoms with Crippen molar-refractivity contribution in [3.05, 3.63) is 99.8 Å². The van der Waals surface area contributed by atoms with Crippen LogP contribution in [0.3, 0.4) is 0 Å². The molecule has 6 nitrogen and oxygen atoms in total. The molecule has 3 aromatic rings. The fourth-order valence-electron chi connectivity index (χ4n) is 4.21. The quantitative estimate of drug-likeness (QED) is 0.418. The van der Waals surface area contributed by atoms with E-state index in [9.17, 15) is 14.0 Å². The minimum atomic E-state index is -0.664. The number of halogens is 2. The molecule has 2 heterocycles. The smallest absolute Gasteiger partial charge is 0.262 e. The Morgan fingerprint density at radius 2 is 1.84 bits per heavy atom. The number of carbonyl (C=O) groups excluding carboxylic acids is 2. The lowest BCUT2D eigenvalue weighted by molar-refractivity contribution is -0.121. The number of amides is 2. The van der Waals surface area contributed by atoms with Gasteiger partial charge in [-0.25, -0.2) is 9.40 Å². The lowest BCUT2D eigenvalue weighted by Gasteiger charge is -2.23. The molecule has 5 rings (SSSR count). The number of thioether (sulfide) groups is 1. The van der Waals surface area contributed by atoms with E-state index in [4.69, 9.17) is 16.7 Å². The van der Waals surface area contributed by atoms with Crippen LogP contribution in [-0.4, -0.2) is 33.0 Å². The lowest BCUT2D eigenvalue weighted by Crippen LogP contribution is -2.25. The molecule has 1 N–H and O–H groups in total. The maximum atomic E-state index is 13.6. The van der Waals surface area contributed by atoms with Crippen LogP contribution < -0.4 is 5.32 Å². The highest BCUT2D eigenvalue weighted by molar-refractivity contribution is 8.15. The molecule has 0 bridgehead atoms. The number of aliphatic imine (C=N–C) groups is 1. The molecule has 0 unspecified atom stereocenters. The van der Waals surface area contributed by atoms with Crippen LogP contribution in [0.2, 0.25) is 5.02 Å². The number of nitrogens with one attached hydrogen (secondary N) is 1. The number of aryl methyl sites for hydroxylation is 2. The summed E-state index contributed by atoms with van der Waals surface area (Å²) in [5, 5.41) is 9.66. The van der Waals surface area contributed by atoms with E-state index in [0.717, 1.165) is 28.0 Å². The average molecular weight is 535 g/mol. The Morgan fingerprint density at radius 1 is 1.11 bits per heavy atom. The molecule has 0 aromatic heterocycles. The van der Waals surface area contributed by atoms with Crippen molar-refractivity contribution in [1.29, 1.82) is 0 Å². The van der Waals surface area contributed by atoms with Crippen LogP contribution in [0.5, 0.6) is 0 Å². The second-order valence-corrected chi connectivity index (χ2v) is 10.7. The SMILES string of the molecule is Cc1ccc(C2=NN(C3=NC(=O)[C@@H](CC(=O)Nc4ccc(C)c(Cl)c4)S3)[C@H](c3ccc(F)cc3)C2)cc1. The van der Waals surface area contributed by atoms with Crippen molar-refractivity contribution in [2.75, 3.05) is 5.32 Å². The second kappa shape index (κ2) is 10.5. The van der Waals surface area contributed by atoms with E-state index in [2.05, 4.69) is 10.3 Å². The zero-order valence-corrected chi connectivity index (χ0v) is 21.8. The van der Waals surface area contributed by atoms with Gasteiger partial charge in [0.2, 0.25) is 5.91 Å². The van der Waals surface area contributed by atoms with Crippen molar-refractivity contribution in [3.8, 4) is 0 Å². The van der Waals surface area contributed by atoms with Crippen LogP contribution in [-0.2, 0) is 9.59 Å². The molecule has 0 saturated heterocycles. The van der Waals surface area contributed by atoms with Crippen LogP contribution in [0.1, 0.15) is 41.1 Å². The molecule has 0 saturated carbocycles. The number of amidine groups is 1. The first kappa shape index (κ1) is 25.2. The summed E-state index contributed by atoms with van der Waals surface area (Å²) in [6.07, 6.45) is 0.535. The van der Waals surface area contributed by atoms with Crippen LogP contribution in [0.4, 0.5) is 10.1 Å². The van der Waals surface area contributed by atoms with Gasteiger partial charge in [0.15, 0.2) is 5.17 Å². The molecular formula is C28H24ClFN4O2S. The first-order chi connectivity index (χ1) is 17.8. The third kappa shape index (κ3) is 5.60. The van der Waals surface area contributed by atoms with Crippen LogP contribution >= 0.6 is 23.4 Å². The van der Waals surface area contributed by atoms with Gasteiger partial charge in [0, 0.05) is 23.6 Å². The number of benzene rings is 3. The molecule has 37 heavy (non-hydrogen) atoms. The van der Waals surface area contributed by atoms with Gasteiger partial charge >= 0.3 is 0 Å². The summed E-state index contributed by atoms with van der Waals surface area (Å²) in [6.45, 7) is 3.90. The van der Waals surface area contributed by atoms with E-state index in [-0.39, 0.29) is 30.1 Å². The Labute approximate surface area is 223 Å². The van der Waals surface area contributed by atoms with Gasteiger partial charge in [-0.1, -0.05) is 71.4 Å². The summed E-state index contributed by atoms with van der Waals surface area (Å²) in [4.78, 5) is 29.7. The summed E-state index contributed by atoms with van der Waals surface area (Å²) >= 11 is 7.37. The topological polar surface area (TPSA) is 74.1 Å². The average Bonchev–Trinajstić information content (AvgIpc) is 3.46. The van der Waals surface area contributed by atoms with Crippen LogP contribution in [0.25, 0.3) is 0 Å². The Balaban J connectivity index is 1.34. The van der Waals surface area contributed by atoms with Crippen LogP contribution in [0.15, 0.2) is 76.8 Å². The van der Waals surface area contributed by atoms with Gasteiger partial charge in [-0.2, -0.15) is 10.1 Å². The van der Waals surface area contributed by atoms with Gasteiger partial charge in [0.1, 0.15) is 11.1 Å². The molecule has 9 heteroatoms. The summed E-state index contributed by atoms with van der Waals surface area (Å²) in [6, 6.07) is 19.4. The number of anilines is 1. The molecule has 2 aliphatic heterocycles. The fraction of sp³-hybridized carbons (Fsp3) is 0.214. The highest BCUT2D eigenvalue weighted by Gasteiger charge is 2.39. The molecule has 0 spiro atoms. The van der Waals surface area contributed by atoms with Gasteiger partial charge in [0.05, 0.1) is 11.8 Å². The molecular weight excluding hydrogens is 511 g/mol. The third-order valence-corrected chi connectivity index (χ3v) is 7.85. The highest BCUT2D eigenvalue weighted by atomic mass is 35.5. The van der Waals surface area contributed by atoms with Crippen molar-refractivity contribution in [2.45, 2.75) is 38.0 Å². The van der Waals surface area contributed by atoms with Gasteiger partial charge < -0.3 is 5.32 Å². The largest absolute Gasteiger partial charge is 0.326 e.